The minimum atomic E-state index is 0.948. The van der Waals surface area contributed by atoms with Crippen LogP contribution < -0.4 is 0 Å². The van der Waals surface area contributed by atoms with E-state index in [0.717, 1.165) is 12.8 Å². The quantitative estimate of drug-likeness (QED) is 0.661. The molecule has 17 heavy (non-hydrogen) atoms. The third kappa shape index (κ3) is 2.47. The molecule has 0 amide bonds. The van der Waals surface area contributed by atoms with Gasteiger partial charge in [-0.05, 0) is 35.1 Å². The molecule has 0 radical (unpaired) electrons. The van der Waals surface area contributed by atoms with Crippen LogP contribution in [0.4, 0.5) is 0 Å². The Morgan fingerprint density at radius 3 is 2.41 bits per heavy atom. The Hall–Kier alpha value is -1.82. The van der Waals surface area contributed by atoms with E-state index < -0.39 is 0 Å². The molecular formula is C17H18. The van der Waals surface area contributed by atoms with Crippen LogP contribution in [0.2, 0.25) is 0 Å². The van der Waals surface area contributed by atoms with Gasteiger partial charge >= 0.3 is 0 Å². The van der Waals surface area contributed by atoms with Crippen LogP contribution in [0.25, 0.3) is 11.1 Å². The molecule has 86 valence electrons. The Bertz CT molecular complexity index is 495. The molecule has 0 unspecified atom stereocenters. The highest BCUT2D eigenvalue weighted by Gasteiger charge is 2.06. The molecule has 0 fully saturated rings. The summed E-state index contributed by atoms with van der Waals surface area (Å²) in [6, 6.07) is 17.1. The minimum Gasteiger partial charge on any atom is -0.103 e. The number of benzene rings is 2. The van der Waals surface area contributed by atoms with E-state index >= 15 is 0 Å². The standard InChI is InChI=1S/C17H18/c1-3-9-14-12-8-13-17(16(14)4-2)15-10-6-5-7-11-15/h3,5-8,10-13H,1,4,9H2,2H3. The molecule has 0 bridgehead atoms. The number of hydrogen-bond acceptors (Lipinski definition) is 0. The lowest BCUT2D eigenvalue weighted by atomic mass is 9.92. The van der Waals surface area contributed by atoms with Gasteiger partial charge in [-0.25, -0.2) is 0 Å². The molecule has 0 spiro atoms. The Balaban J connectivity index is 2.54. The van der Waals surface area contributed by atoms with Crippen molar-refractivity contribution in [2.45, 2.75) is 19.8 Å². The van der Waals surface area contributed by atoms with Crippen molar-refractivity contribution < 1.29 is 0 Å². The van der Waals surface area contributed by atoms with Gasteiger partial charge in [-0.3, -0.25) is 0 Å². The maximum atomic E-state index is 3.83. The van der Waals surface area contributed by atoms with Crippen LogP contribution >= 0.6 is 0 Å². The topological polar surface area (TPSA) is 0 Å². The zero-order chi connectivity index (χ0) is 12.1. The van der Waals surface area contributed by atoms with Gasteiger partial charge in [0.1, 0.15) is 0 Å². The zero-order valence-corrected chi connectivity index (χ0v) is 10.3. The van der Waals surface area contributed by atoms with E-state index in [0.29, 0.717) is 0 Å². The predicted octanol–water partition coefficient (Wildman–Crippen LogP) is 4.64. The molecule has 0 N–H and O–H groups in total. The molecule has 0 aliphatic carbocycles. The van der Waals surface area contributed by atoms with Crippen molar-refractivity contribution in [1.29, 1.82) is 0 Å². The van der Waals surface area contributed by atoms with Crippen molar-refractivity contribution in [3.63, 3.8) is 0 Å². The summed E-state index contributed by atoms with van der Waals surface area (Å²) < 4.78 is 0. The molecule has 2 aromatic carbocycles. The van der Waals surface area contributed by atoms with Gasteiger partial charge < -0.3 is 0 Å². The normalized spacial score (nSPS) is 10.2. The van der Waals surface area contributed by atoms with E-state index in [1.807, 2.05) is 6.08 Å². The molecule has 0 aliphatic rings. The summed E-state index contributed by atoms with van der Waals surface area (Å²) in [5.74, 6) is 0. The van der Waals surface area contributed by atoms with Gasteiger partial charge in [0, 0.05) is 0 Å². The summed E-state index contributed by atoms with van der Waals surface area (Å²) >= 11 is 0. The third-order valence-electron chi connectivity index (χ3n) is 3.08. The molecular weight excluding hydrogens is 204 g/mol. The lowest BCUT2D eigenvalue weighted by Crippen LogP contribution is -1.95. The maximum Gasteiger partial charge on any atom is -0.00972 e. The average molecular weight is 222 g/mol. The van der Waals surface area contributed by atoms with Gasteiger partial charge in [0.15, 0.2) is 0 Å². The lowest BCUT2D eigenvalue weighted by molar-refractivity contribution is 1.08. The van der Waals surface area contributed by atoms with Crippen LogP contribution in [0.1, 0.15) is 18.1 Å². The highest BCUT2D eigenvalue weighted by molar-refractivity contribution is 5.68. The van der Waals surface area contributed by atoms with Crippen molar-refractivity contribution in [2.75, 3.05) is 0 Å². The molecule has 0 saturated heterocycles. The van der Waals surface area contributed by atoms with Gasteiger partial charge in [-0.15, -0.1) is 6.58 Å². The summed E-state index contributed by atoms with van der Waals surface area (Å²) in [6.45, 7) is 6.05. The highest BCUT2D eigenvalue weighted by atomic mass is 14.1. The summed E-state index contributed by atoms with van der Waals surface area (Å²) in [5.41, 5.74) is 5.49. The van der Waals surface area contributed by atoms with Crippen molar-refractivity contribution in [2.24, 2.45) is 0 Å². The SMILES string of the molecule is C=CCc1cccc(-c2ccccc2)c1CC. The van der Waals surface area contributed by atoms with Crippen LogP contribution in [0, 0.1) is 0 Å². The van der Waals surface area contributed by atoms with Gasteiger partial charge in [0.05, 0.1) is 0 Å². The Labute approximate surface area is 104 Å². The maximum absolute atomic E-state index is 3.83. The second kappa shape index (κ2) is 5.49. The molecule has 2 aromatic rings. The van der Waals surface area contributed by atoms with Crippen molar-refractivity contribution in [3.05, 3.63) is 72.3 Å². The van der Waals surface area contributed by atoms with Crippen LogP contribution in [-0.4, -0.2) is 0 Å². The van der Waals surface area contributed by atoms with Crippen LogP contribution in [0.5, 0.6) is 0 Å². The molecule has 0 aliphatic heterocycles. The van der Waals surface area contributed by atoms with Crippen LogP contribution in [0.15, 0.2) is 61.2 Å². The van der Waals surface area contributed by atoms with Gasteiger partial charge in [0.25, 0.3) is 0 Å². The first-order chi connectivity index (χ1) is 8.36. The highest BCUT2D eigenvalue weighted by Crippen LogP contribution is 2.27. The molecule has 0 heterocycles. The molecule has 0 saturated carbocycles. The lowest BCUT2D eigenvalue weighted by Gasteiger charge is -2.12. The van der Waals surface area contributed by atoms with Crippen molar-refractivity contribution in [3.8, 4) is 11.1 Å². The predicted molar refractivity (Wildman–Crippen MR) is 75.2 cm³/mol. The fraction of sp³-hybridized carbons (Fsp3) is 0.176. The van der Waals surface area contributed by atoms with E-state index in [4.69, 9.17) is 0 Å². The molecule has 0 nitrogen and oxygen atoms in total. The van der Waals surface area contributed by atoms with Gasteiger partial charge in [-0.2, -0.15) is 0 Å². The smallest absolute Gasteiger partial charge is 0.00972 e. The molecule has 0 atom stereocenters. The second-order valence-electron chi connectivity index (χ2n) is 4.16. The van der Waals surface area contributed by atoms with E-state index in [9.17, 15) is 0 Å². The van der Waals surface area contributed by atoms with Gasteiger partial charge in [0.2, 0.25) is 0 Å². The first kappa shape index (κ1) is 11.7. The zero-order valence-electron chi connectivity index (χ0n) is 10.3. The Morgan fingerprint density at radius 1 is 1.00 bits per heavy atom. The first-order valence-electron chi connectivity index (χ1n) is 6.14. The second-order valence-corrected chi connectivity index (χ2v) is 4.16. The molecule has 0 heteroatoms. The summed E-state index contributed by atoms with van der Waals surface area (Å²) in [5, 5.41) is 0. The van der Waals surface area contributed by atoms with Crippen LogP contribution in [0.3, 0.4) is 0 Å². The summed E-state index contributed by atoms with van der Waals surface area (Å²) in [7, 11) is 0. The Kier molecular flexibility index (Phi) is 3.77. The largest absolute Gasteiger partial charge is 0.103 e. The van der Waals surface area contributed by atoms with E-state index in [1.165, 1.54) is 22.3 Å². The Morgan fingerprint density at radius 2 is 1.76 bits per heavy atom. The molecule has 2 rings (SSSR count). The van der Waals surface area contributed by atoms with Gasteiger partial charge in [-0.1, -0.05) is 61.5 Å². The molecule has 0 aromatic heterocycles. The summed E-state index contributed by atoms with van der Waals surface area (Å²) in [6.07, 6.45) is 3.99. The van der Waals surface area contributed by atoms with E-state index in [2.05, 4.69) is 62.0 Å². The van der Waals surface area contributed by atoms with Crippen LogP contribution in [-0.2, 0) is 12.8 Å². The van der Waals surface area contributed by atoms with E-state index in [1.54, 1.807) is 0 Å². The fourth-order valence-corrected chi connectivity index (χ4v) is 2.29. The van der Waals surface area contributed by atoms with Crippen molar-refractivity contribution in [1.82, 2.24) is 0 Å². The number of rotatable bonds is 4. The fourth-order valence-electron chi connectivity index (χ4n) is 2.29. The minimum absolute atomic E-state index is 0.948. The van der Waals surface area contributed by atoms with Crippen molar-refractivity contribution >= 4 is 0 Å². The monoisotopic (exact) mass is 222 g/mol. The number of hydrogen-bond donors (Lipinski definition) is 0. The average Bonchev–Trinajstić information content (AvgIpc) is 2.40. The first-order valence-corrected chi connectivity index (χ1v) is 6.14. The number of allylic oxidation sites excluding steroid dienone is 1. The third-order valence-corrected chi connectivity index (χ3v) is 3.08. The summed E-state index contributed by atoms with van der Waals surface area (Å²) in [4.78, 5) is 0. The van der Waals surface area contributed by atoms with E-state index in [-0.39, 0.29) is 0 Å².